The number of hydrogen-bond donors (Lipinski definition) is 3. The summed E-state index contributed by atoms with van der Waals surface area (Å²) in [4.78, 5) is 38.8. The third-order valence-corrected chi connectivity index (χ3v) is 5.50. The Morgan fingerprint density at radius 1 is 1.04 bits per heavy atom. The van der Waals surface area contributed by atoms with Crippen LogP contribution in [-0.4, -0.2) is 29.0 Å². The number of urea groups is 2. The molecule has 9 heteroatoms. The Bertz CT molecular complexity index is 955. The van der Waals surface area contributed by atoms with Gasteiger partial charge < -0.3 is 10.6 Å². The number of hydrogen-bond acceptors (Lipinski definition) is 3. The Hall–Kier alpha value is -2.94. The molecular formula is C19H16BrFN4O3. The van der Waals surface area contributed by atoms with Gasteiger partial charge in [0, 0.05) is 6.54 Å². The lowest BCUT2D eigenvalue weighted by Gasteiger charge is -2.46. The van der Waals surface area contributed by atoms with Crippen LogP contribution in [0.25, 0.3) is 0 Å². The van der Waals surface area contributed by atoms with Crippen molar-refractivity contribution < 1.29 is 18.8 Å². The van der Waals surface area contributed by atoms with E-state index >= 15 is 0 Å². The number of benzene rings is 2. The quantitative estimate of drug-likeness (QED) is 0.676. The molecule has 28 heavy (non-hydrogen) atoms. The minimum atomic E-state index is -0.830. The lowest BCUT2D eigenvalue weighted by atomic mass is 9.86. The van der Waals surface area contributed by atoms with E-state index in [4.69, 9.17) is 0 Å². The summed E-state index contributed by atoms with van der Waals surface area (Å²) in [6, 6.07) is 11.8. The highest BCUT2D eigenvalue weighted by molar-refractivity contribution is 9.10. The topological polar surface area (TPSA) is 90.5 Å². The summed E-state index contributed by atoms with van der Waals surface area (Å²) in [7, 11) is 0. The third kappa shape index (κ3) is 3.33. The number of carbonyl (C=O) groups excluding carboxylic acids is 3. The van der Waals surface area contributed by atoms with Crippen molar-refractivity contribution in [1.82, 2.24) is 20.9 Å². The van der Waals surface area contributed by atoms with Crippen LogP contribution in [0.15, 0.2) is 53.0 Å². The molecule has 4 rings (SSSR count). The van der Waals surface area contributed by atoms with E-state index in [9.17, 15) is 18.8 Å². The first kappa shape index (κ1) is 18.4. The molecule has 3 N–H and O–H groups in total. The van der Waals surface area contributed by atoms with Gasteiger partial charge in [-0.15, -0.1) is 0 Å². The second-order valence-corrected chi connectivity index (χ2v) is 7.50. The summed E-state index contributed by atoms with van der Waals surface area (Å²) < 4.78 is 13.9. The van der Waals surface area contributed by atoms with Gasteiger partial charge in [-0.25, -0.2) is 14.0 Å². The average Bonchev–Trinajstić information content (AvgIpc) is 2.67. The van der Waals surface area contributed by atoms with E-state index < -0.39 is 41.9 Å². The fourth-order valence-electron chi connectivity index (χ4n) is 3.58. The number of rotatable bonds is 3. The zero-order chi connectivity index (χ0) is 19.8. The monoisotopic (exact) mass is 446 g/mol. The second kappa shape index (κ2) is 7.23. The minimum Gasteiger partial charge on any atom is -0.330 e. The molecule has 3 atom stereocenters. The highest BCUT2D eigenvalue weighted by Gasteiger charge is 2.49. The number of nitrogens with zero attached hydrogens (tertiary/aromatic N) is 1. The smallest absolute Gasteiger partial charge is 0.326 e. The number of nitrogens with one attached hydrogen (secondary N) is 3. The van der Waals surface area contributed by atoms with Crippen LogP contribution >= 0.6 is 15.9 Å². The Labute approximate surface area is 168 Å². The van der Waals surface area contributed by atoms with Crippen molar-refractivity contribution in [3.63, 3.8) is 0 Å². The van der Waals surface area contributed by atoms with Crippen molar-refractivity contribution >= 4 is 33.9 Å². The van der Waals surface area contributed by atoms with Crippen LogP contribution in [-0.2, 0) is 11.3 Å². The molecule has 7 nitrogen and oxygen atoms in total. The largest absolute Gasteiger partial charge is 0.330 e. The van der Waals surface area contributed by atoms with Crippen LogP contribution < -0.4 is 16.0 Å². The first-order chi connectivity index (χ1) is 13.4. The summed E-state index contributed by atoms with van der Waals surface area (Å²) in [6.45, 7) is 0.223. The summed E-state index contributed by atoms with van der Waals surface area (Å²) in [5.41, 5.74) is 1.42. The molecule has 144 valence electrons. The number of halogens is 2. The fraction of sp³-hybridized carbons (Fsp3) is 0.211. The molecule has 2 aromatic carbocycles. The van der Waals surface area contributed by atoms with Crippen molar-refractivity contribution in [3.8, 4) is 0 Å². The van der Waals surface area contributed by atoms with Gasteiger partial charge in [0.1, 0.15) is 17.9 Å². The van der Waals surface area contributed by atoms with Crippen LogP contribution in [0, 0.1) is 11.7 Å². The van der Waals surface area contributed by atoms with Crippen molar-refractivity contribution in [3.05, 3.63) is 69.9 Å². The van der Waals surface area contributed by atoms with Gasteiger partial charge in [-0.3, -0.25) is 15.0 Å². The highest BCUT2D eigenvalue weighted by atomic mass is 79.9. The maximum absolute atomic E-state index is 13.6. The van der Waals surface area contributed by atoms with Crippen molar-refractivity contribution in [2.45, 2.75) is 18.8 Å². The summed E-state index contributed by atoms with van der Waals surface area (Å²) >= 11 is 3.13. The lowest BCUT2D eigenvalue weighted by Crippen LogP contribution is -2.71. The molecule has 2 aliphatic heterocycles. The maximum Gasteiger partial charge on any atom is 0.326 e. The normalized spacial score (nSPS) is 24.1. The zero-order valence-corrected chi connectivity index (χ0v) is 16.1. The SMILES string of the molecule is O=C1NC(c2ccc(F)c(Br)c2)C2C(=O)NC(=O)N(Cc3ccccc3)C2N1. The first-order valence-electron chi connectivity index (χ1n) is 8.61. The van der Waals surface area contributed by atoms with Gasteiger partial charge in [0.25, 0.3) is 0 Å². The molecule has 0 saturated carbocycles. The minimum absolute atomic E-state index is 0.223. The van der Waals surface area contributed by atoms with Gasteiger partial charge >= 0.3 is 12.1 Å². The molecule has 0 bridgehead atoms. The molecule has 2 heterocycles. The van der Waals surface area contributed by atoms with Gasteiger partial charge in [-0.2, -0.15) is 0 Å². The molecule has 5 amide bonds. The van der Waals surface area contributed by atoms with E-state index in [1.807, 2.05) is 30.3 Å². The van der Waals surface area contributed by atoms with Gasteiger partial charge in [-0.05, 0) is 39.2 Å². The molecule has 2 aromatic rings. The molecule has 0 spiro atoms. The number of imide groups is 1. The Balaban J connectivity index is 1.70. The zero-order valence-electron chi connectivity index (χ0n) is 14.5. The lowest BCUT2D eigenvalue weighted by molar-refractivity contribution is -0.130. The van der Waals surface area contributed by atoms with Crippen LogP contribution in [0.2, 0.25) is 0 Å². The maximum atomic E-state index is 13.6. The van der Waals surface area contributed by atoms with E-state index in [1.165, 1.54) is 23.1 Å². The Morgan fingerprint density at radius 3 is 2.50 bits per heavy atom. The van der Waals surface area contributed by atoms with Crippen LogP contribution in [0.3, 0.4) is 0 Å². The predicted octanol–water partition coefficient (Wildman–Crippen LogP) is 2.64. The van der Waals surface area contributed by atoms with Gasteiger partial charge in [-0.1, -0.05) is 36.4 Å². The van der Waals surface area contributed by atoms with Crippen molar-refractivity contribution in [2.75, 3.05) is 0 Å². The summed E-state index contributed by atoms with van der Waals surface area (Å²) in [5.74, 6) is -1.73. The molecular weight excluding hydrogens is 431 g/mol. The highest BCUT2D eigenvalue weighted by Crippen LogP contribution is 2.34. The number of carbonyl (C=O) groups is 3. The van der Waals surface area contributed by atoms with Crippen molar-refractivity contribution in [2.24, 2.45) is 5.92 Å². The Kier molecular flexibility index (Phi) is 4.76. The fourth-order valence-corrected chi connectivity index (χ4v) is 3.98. The van der Waals surface area contributed by atoms with Crippen LogP contribution in [0.1, 0.15) is 17.2 Å². The molecule has 0 aliphatic carbocycles. The molecule has 2 aliphatic rings. The molecule has 0 aromatic heterocycles. The average molecular weight is 447 g/mol. The number of amides is 5. The standard InChI is InChI=1S/C19H16BrFN4O3/c20-12-8-11(6-7-13(12)21)15-14-16(23-18(27)22-15)25(19(28)24-17(14)26)9-10-4-2-1-3-5-10/h1-8,14-16H,9H2,(H2,22,23,27)(H,24,26,28). The van der Waals surface area contributed by atoms with E-state index in [1.54, 1.807) is 0 Å². The molecule has 2 saturated heterocycles. The van der Waals surface area contributed by atoms with Gasteiger partial charge in [0.2, 0.25) is 5.91 Å². The van der Waals surface area contributed by atoms with Crippen LogP contribution in [0.5, 0.6) is 0 Å². The van der Waals surface area contributed by atoms with E-state index in [0.717, 1.165) is 5.56 Å². The molecule has 3 unspecified atom stereocenters. The van der Waals surface area contributed by atoms with E-state index in [-0.39, 0.29) is 11.0 Å². The Morgan fingerprint density at radius 2 is 1.79 bits per heavy atom. The van der Waals surface area contributed by atoms with Crippen LogP contribution in [0.4, 0.5) is 14.0 Å². The van der Waals surface area contributed by atoms with E-state index in [0.29, 0.717) is 5.56 Å². The third-order valence-electron chi connectivity index (χ3n) is 4.89. The first-order valence-corrected chi connectivity index (χ1v) is 9.41. The summed E-state index contributed by atoms with van der Waals surface area (Å²) in [5, 5.41) is 7.76. The molecule has 0 radical (unpaired) electrons. The molecule has 2 fully saturated rings. The van der Waals surface area contributed by atoms with Gasteiger partial charge in [0.05, 0.1) is 10.5 Å². The summed E-state index contributed by atoms with van der Waals surface area (Å²) in [6.07, 6.45) is -0.830. The second-order valence-electron chi connectivity index (χ2n) is 6.65. The number of fused-ring (bicyclic) bond motifs is 1. The predicted molar refractivity (Wildman–Crippen MR) is 101 cm³/mol. The van der Waals surface area contributed by atoms with E-state index in [2.05, 4.69) is 31.9 Å². The van der Waals surface area contributed by atoms with Crippen molar-refractivity contribution in [1.29, 1.82) is 0 Å². The van der Waals surface area contributed by atoms with Gasteiger partial charge in [0.15, 0.2) is 0 Å².